The smallest absolute Gasteiger partial charge is 0.232 e. The highest BCUT2D eigenvalue weighted by Crippen LogP contribution is 2.33. The Morgan fingerprint density at radius 1 is 1.16 bits per heavy atom. The Morgan fingerprint density at radius 3 is 2.64 bits per heavy atom. The van der Waals surface area contributed by atoms with Crippen molar-refractivity contribution < 1.29 is 14.4 Å². The molecular formula is C18H16ClN3O3. The lowest BCUT2D eigenvalue weighted by atomic mass is 9.90. The summed E-state index contributed by atoms with van der Waals surface area (Å²) in [6.07, 6.45) is 0.0839. The Kier molecular flexibility index (Phi) is 4.72. The monoisotopic (exact) mass is 357 g/mol. The maximum atomic E-state index is 12.6. The van der Waals surface area contributed by atoms with Gasteiger partial charge in [-0.2, -0.15) is 0 Å². The van der Waals surface area contributed by atoms with E-state index >= 15 is 0 Å². The van der Waals surface area contributed by atoms with Gasteiger partial charge in [-0.1, -0.05) is 29.8 Å². The fourth-order valence-electron chi connectivity index (χ4n) is 2.76. The predicted octanol–water partition coefficient (Wildman–Crippen LogP) is 3.36. The second kappa shape index (κ2) is 6.94. The molecule has 0 saturated heterocycles. The van der Waals surface area contributed by atoms with E-state index in [4.69, 9.17) is 11.6 Å². The Morgan fingerprint density at radius 2 is 1.92 bits per heavy atom. The van der Waals surface area contributed by atoms with Gasteiger partial charge in [0.1, 0.15) is 0 Å². The molecular weight excluding hydrogens is 342 g/mol. The first-order chi connectivity index (χ1) is 11.9. The number of para-hydroxylation sites is 1. The summed E-state index contributed by atoms with van der Waals surface area (Å²) in [5.41, 5.74) is 2.39. The minimum absolute atomic E-state index is 0.0839. The van der Waals surface area contributed by atoms with Gasteiger partial charge >= 0.3 is 0 Å². The number of amides is 3. The number of hydrogen-bond acceptors (Lipinski definition) is 3. The normalized spacial score (nSPS) is 15.8. The molecule has 128 valence electrons. The second-order valence-electron chi connectivity index (χ2n) is 5.76. The van der Waals surface area contributed by atoms with Crippen LogP contribution in [0.5, 0.6) is 0 Å². The third kappa shape index (κ3) is 3.80. The molecule has 0 spiro atoms. The highest BCUT2D eigenvalue weighted by molar-refractivity contribution is 6.34. The fraction of sp³-hybridized carbons (Fsp3) is 0.167. The molecule has 0 aromatic heterocycles. The summed E-state index contributed by atoms with van der Waals surface area (Å²) in [5.74, 6) is -1.29. The summed E-state index contributed by atoms with van der Waals surface area (Å²) in [5, 5.41) is 8.46. The van der Waals surface area contributed by atoms with Crippen LogP contribution in [0.25, 0.3) is 0 Å². The molecule has 2 aromatic carbocycles. The van der Waals surface area contributed by atoms with Crippen molar-refractivity contribution in [3.63, 3.8) is 0 Å². The zero-order valence-corrected chi connectivity index (χ0v) is 14.2. The number of carbonyl (C=O) groups excluding carboxylic acids is 3. The summed E-state index contributed by atoms with van der Waals surface area (Å²) in [6.45, 7) is 1.39. The lowest BCUT2D eigenvalue weighted by Crippen LogP contribution is -2.30. The molecule has 1 heterocycles. The van der Waals surface area contributed by atoms with Crippen LogP contribution in [0, 0.1) is 0 Å². The molecule has 2 aromatic rings. The number of anilines is 3. The van der Waals surface area contributed by atoms with Crippen LogP contribution >= 0.6 is 11.6 Å². The second-order valence-corrected chi connectivity index (χ2v) is 6.16. The van der Waals surface area contributed by atoms with Crippen LogP contribution < -0.4 is 16.0 Å². The SMILES string of the molecule is CC(=O)Nc1ccc(NC(=O)[C@@H]2CC(=O)Nc3ccccc32)cc1Cl. The van der Waals surface area contributed by atoms with Gasteiger partial charge in [0.2, 0.25) is 17.7 Å². The summed E-state index contributed by atoms with van der Waals surface area (Å²) >= 11 is 6.12. The minimum Gasteiger partial charge on any atom is -0.326 e. The summed E-state index contributed by atoms with van der Waals surface area (Å²) in [6, 6.07) is 12.0. The van der Waals surface area contributed by atoms with Crippen LogP contribution in [-0.2, 0) is 14.4 Å². The molecule has 0 unspecified atom stereocenters. The minimum atomic E-state index is -0.571. The molecule has 0 bridgehead atoms. The molecule has 3 rings (SSSR count). The topological polar surface area (TPSA) is 87.3 Å². The van der Waals surface area contributed by atoms with E-state index in [1.807, 2.05) is 12.1 Å². The average Bonchev–Trinajstić information content (AvgIpc) is 2.56. The molecule has 25 heavy (non-hydrogen) atoms. The number of benzene rings is 2. The fourth-order valence-corrected chi connectivity index (χ4v) is 2.99. The first kappa shape index (κ1) is 17.0. The maximum Gasteiger partial charge on any atom is 0.232 e. The molecule has 0 saturated carbocycles. The Hall–Kier alpha value is -2.86. The van der Waals surface area contributed by atoms with E-state index in [-0.39, 0.29) is 24.1 Å². The van der Waals surface area contributed by atoms with Crippen molar-refractivity contribution in [1.82, 2.24) is 0 Å². The summed E-state index contributed by atoms with van der Waals surface area (Å²) < 4.78 is 0. The molecule has 1 atom stereocenters. The van der Waals surface area contributed by atoms with Crippen molar-refractivity contribution in [2.75, 3.05) is 16.0 Å². The van der Waals surface area contributed by atoms with Crippen LogP contribution in [0.2, 0.25) is 5.02 Å². The first-order valence-corrected chi connectivity index (χ1v) is 8.08. The van der Waals surface area contributed by atoms with Crippen molar-refractivity contribution in [1.29, 1.82) is 0 Å². The predicted molar refractivity (Wildman–Crippen MR) is 96.8 cm³/mol. The zero-order valence-electron chi connectivity index (χ0n) is 13.4. The van der Waals surface area contributed by atoms with Gasteiger partial charge < -0.3 is 16.0 Å². The average molecular weight is 358 g/mol. The number of nitrogens with one attached hydrogen (secondary N) is 3. The lowest BCUT2D eigenvalue weighted by molar-refractivity contribution is -0.123. The summed E-state index contributed by atoms with van der Waals surface area (Å²) in [4.78, 5) is 35.6. The summed E-state index contributed by atoms with van der Waals surface area (Å²) in [7, 11) is 0. The van der Waals surface area contributed by atoms with Gasteiger partial charge in [0.25, 0.3) is 0 Å². The van der Waals surface area contributed by atoms with Crippen LogP contribution in [0.15, 0.2) is 42.5 Å². The van der Waals surface area contributed by atoms with Gasteiger partial charge in [-0.25, -0.2) is 0 Å². The van der Waals surface area contributed by atoms with E-state index in [1.165, 1.54) is 6.92 Å². The van der Waals surface area contributed by atoms with E-state index in [0.717, 1.165) is 5.56 Å². The molecule has 0 radical (unpaired) electrons. The van der Waals surface area contributed by atoms with Crippen molar-refractivity contribution in [3.05, 3.63) is 53.1 Å². The number of fused-ring (bicyclic) bond motifs is 1. The van der Waals surface area contributed by atoms with E-state index in [1.54, 1.807) is 30.3 Å². The third-order valence-corrected chi connectivity index (χ3v) is 4.18. The van der Waals surface area contributed by atoms with Gasteiger partial charge in [0.15, 0.2) is 0 Å². The molecule has 1 aliphatic heterocycles. The Bertz CT molecular complexity index is 866. The van der Waals surface area contributed by atoms with Crippen LogP contribution in [0.4, 0.5) is 17.1 Å². The number of halogens is 1. The van der Waals surface area contributed by atoms with Crippen molar-refractivity contribution in [3.8, 4) is 0 Å². The van der Waals surface area contributed by atoms with Gasteiger partial charge in [-0.15, -0.1) is 0 Å². The number of hydrogen-bond donors (Lipinski definition) is 3. The molecule has 0 aliphatic carbocycles. The Balaban J connectivity index is 1.80. The van der Waals surface area contributed by atoms with Gasteiger partial charge in [-0.3, -0.25) is 14.4 Å². The molecule has 3 N–H and O–H groups in total. The molecule has 6 nitrogen and oxygen atoms in total. The largest absolute Gasteiger partial charge is 0.326 e. The Labute approximate surface area is 149 Å². The van der Waals surface area contributed by atoms with E-state index in [0.29, 0.717) is 22.1 Å². The van der Waals surface area contributed by atoms with Crippen molar-refractivity contribution >= 4 is 46.4 Å². The van der Waals surface area contributed by atoms with E-state index in [2.05, 4.69) is 16.0 Å². The highest BCUT2D eigenvalue weighted by atomic mass is 35.5. The van der Waals surface area contributed by atoms with Crippen LogP contribution in [0.3, 0.4) is 0 Å². The van der Waals surface area contributed by atoms with Gasteiger partial charge in [0, 0.05) is 24.7 Å². The number of rotatable bonds is 3. The lowest BCUT2D eigenvalue weighted by Gasteiger charge is -2.24. The highest BCUT2D eigenvalue weighted by Gasteiger charge is 2.30. The zero-order chi connectivity index (χ0) is 18.0. The van der Waals surface area contributed by atoms with Crippen LogP contribution in [-0.4, -0.2) is 17.7 Å². The molecule has 1 aliphatic rings. The maximum absolute atomic E-state index is 12.6. The molecule has 0 fully saturated rings. The third-order valence-electron chi connectivity index (χ3n) is 3.86. The van der Waals surface area contributed by atoms with Gasteiger partial charge in [-0.05, 0) is 29.8 Å². The van der Waals surface area contributed by atoms with E-state index < -0.39 is 5.92 Å². The molecule has 7 heteroatoms. The van der Waals surface area contributed by atoms with Gasteiger partial charge in [0.05, 0.1) is 16.6 Å². The quantitative estimate of drug-likeness (QED) is 0.787. The molecule has 3 amide bonds. The van der Waals surface area contributed by atoms with Crippen LogP contribution in [0.1, 0.15) is 24.8 Å². The van der Waals surface area contributed by atoms with Crippen molar-refractivity contribution in [2.45, 2.75) is 19.3 Å². The number of carbonyl (C=O) groups is 3. The van der Waals surface area contributed by atoms with Crippen molar-refractivity contribution in [2.24, 2.45) is 0 Å². The first-order valence-electron chi connectivity index (χ1n) is 7.71. The van der Waals surface area contributed by atoms with E-state index in [9.17, 15) is 14.4 Å². The standard InChI is InChI=1S/C18H16ClN3O3/c1-10(23)20-16-7-6-11(8-14(16)19)21-18(25)13-9-17(24)22-15-5-3-2-4-12(13)15/h2-8,13H,9H2,1H3,(H,20,23)(H,21,25)(H,22,24)/t13-/m1/s1.